The molecule has 0 fully saturated rings. The van der Waals surface area contributed by atoms with Gasteiger partial charge in [-0.1, -0.05) is 127 Å². The molecule has 12 rings (SSSR count). The van der Waals surface area contributed by atoms with Crippen molar-refractivity contribution in [2.75, 3.05) is 4.90 Å². The highest BCUT2D eigenvalue weighted by atomic mass is 16.5. The van der Waals surface area contributed by atoms with Gasteiger partial charge in [0.15, 0.2) is 11.5 Å². The average Bonchev–Trinajstić information content (AvgIpc) is 3.90. The Morgan fingerprint density at radius 2 is 0.982 bits per heavy atom. The quantitative estimate of drug-likeness (QED) is 0.183. The van der Waals surface area contributed by atoms with Gasteiger partial charge in [-0.3, -0.25) is 0 Å². The molecule has 4 heteroatoms. The van der Waals surface area contributed by atoms with E-state index in [-0.39, 0.29) is 0 Å². The van der Waals surface area contributed by atoms with Gasteiger partial charge in [0.05, 0.1) is 5.39 Å². The Labute approximate surface area is 317 Å². The number of para-hydroxylation sites is 2. The molecule has 0 saturated heterocycles. The molecule has 4 nitrogen and oxygen atoms in total. The monoisotopic (exact) mass is 705 g/mol. The maximum atomic E-state index is 7.19. The fourth-order valence-electron chi connectivity index (χ4n) is 9.15. The van der Waals surface area contributed by atoms with Crippen LogP contribution in [0.1, 0.15) is 22.5 Å². The lowest BCUT2D eigenvalue weighted by molar-refractivity contribution is 0.389. The molecule has 258 valence electrons. The van der Waals surface area contributed by atoms with Gasteiger partial charge >= 0.3 is 0 Å². The summed E-state index contributed by atoms with van der Waals surface area (Å²) in [6, 6.07) is 66.3. The molecule has 1 aliphatic carbocycles. The van der Waals surface area contributed by atoms with Crippen LogP contribution in [0.5, 0.6) is 11.5 Å². The summed E-state index contributed by atoms with van der Waals surface area (Å²) in [6.45, 7) is 0. The third-order valence-electron chi connectivity index (χ3n) is 11.5. The normalized spacial score (nSPS) is 13.4. The molecule has 1 aliphatic heterocycles. The van der Waals surface area contributed by atoms with Crippen molar-refractivity contribution in [3.05, 3.63) is 211 Å². The Bertz CT molecular complexity index is 3090. The third kappa shape index (κ3) is 4.22. The number of fused-ring (bicyclic) bond motifs is 14. The summed E-state index contributed by atoms with van der Waals surface area (Å²) in [5.41, 5.74) is 13.1. The number of nitrogens with zero attached hydrogens (tertiary/aromatic N) is 1. The van der Waals surface area contributed by atoms with Crippen molar-refractivity contribution in [3.63, 3.8) is 0 Å². The second-order valence-electron chi connectivity index (χ2n) is 14.4. The molecule has 0 radical (unpaired) electrons. The molecular formula is C51H31NO3. The van der Waals surface area contributed by atoms with E-state index in [0.717, 1.165) is 78.4 Å². The zero-order valence-corrected chi connectivity index (χ0v) is 29.6. The van der Waals surface area contributed by atoms with Crippen LogP contribution in [0.25, 0.3) is 55.2 Å². The fraction of sp³-hybridized carbons (Fsp3) is 0.0196. The van der Waals surface area contributed by atoms with Gasteiger partial charge in [-0.15, -0.1) is 0 Å². The van der Waals surface area contributed by atoms with E-state index in [0.29, 0.717) is 0 Å². The molecule has 0 unspecified atom stereocenters. The van der Waals surface area contributed by atoms with Crippen molar-refractivity contribution in [1.82, 2.24) is 0 Å². The van der Waals surface area contributed by atoms with Gasteiger partial charge in [0, 0.05) is 39.5 Å². The molecule has 8 aromatic carbocycles. The SMILES string of the molecule is c1ccc(-c2ccc(N(c3ccc4c5c(oc4c3)C3(c4ccccc4O5)c4ccccc4-c4ccccc43)c3ccc4oc5ccccc5c4c3)cc2)cc1. The largest absolute Gasteiger partial charge is 0.456 e. The highest BCUT2D eigenvalue weighted by Crippen LogP contribution is 2.63. The van der Waals surface area contributed by atoms with E-state index in [1.807, 2.05) is 24.3 Å². The first-order valence-corrected chi connectivity index (χ1v) is 18.7. The number of ether oxygens (including phenoxy) is 1. The summed E-state index contributed by atoms with van der Waals surface area (Å²) < 4.78 is 20.3. The summed E-state index contributed by atoms with van der Waals surface area (Å²) >= 11 is 0. The molecule has 2 aromatic heterocycles. The van der Waals surface area contributed by atoms with Crippen molar-refractivity contribution in [2.24, 2.45) is 0 Å². The van der Waals surface area contributed by atoms with Gasteiger partial charge in [0.2, 0.25) is 0 Å². The van der Waals surface area contributed by atoms with E-state index in [9.17, 15) is 0 Å². The van der Waals surface area contributed by atoms with E-state index < -0.39 is 5.41 Å². The molecule has 1 spiro atoms. The lowest BCUT2D eigenvalue weighted by atomic mass is 9.69. The highest BCUT2D eigenvalue weighted by molar-refractivity contribution is 6.07. The van der Waals surface area contributed by atoms with E-state index in [2.05, 4.69) is 169 Å². The predicted octanol–water partition coefficient (Wildman–Crippen LogP) is 13.9. The van der Waals surface area contributed by atoms with Crippen molar-refractivity contribution < 1.29 is 13.6 Å². The van der Waals surface area contributed by atoms with Crippen LogP contribution in [0.2, 0.25) is 0 Å². The molecule has 0 atom stereocenters. The highest BCUT2D eigenvalue weighted by Gasteiger charge is 2.54. The van der Waals surface area contributed by atoms with Gasteiger partial charge in [0.25, 0.3) is 0 Å². The molecular weight excluding hydrogens is 675 g/mol. The van der Waals surface area contributed by atoms with Crippen LogP contribution in [0, 0.1) is 0 Å². The Morgan fingerprint density at radius 3 is 1.78 bits per heavy atom. The summed E-state index contributed by atoms with van der Waals surface area (Å²) in [5.74, 6) is 2.41. The molecule has 55 heavy (non-hydrogen) atoms. The molecule has 0 amide bonds. The molecule has 3 heterocycles. The summed E-state index contributed by atoms with van der Waals surface area (Å²) in [4.78, 5) is 2.29. The van der Waals surface area contributed by atoms with E-state index >= 15 is 0 Å². The lowest BCUT2D eigenvalue weighted by Gasteiger charge is -2.36. The predicted molar refractivity (Wildman–Crippen MR) is 221 cm³/mol. The van der Waals surface area contributed by atoms with Crippen molar-refractivity contribution in [1.29, 1.82) is 0 Å². The maximum Gasteiger partial charge on any atom is 0.178 e. The molecule has 0 bridgehead atoms. The zero-order valence-electron chi connectivity index (χ0n) is 29.6. The Morgan fingerprint density at radius 1 is 0.382 bits per heavy atom. The van der Waals surface area contributed by atoms with Crippen molar-refractivity contribution in [2.45, 2.75) is 5.41 Å². The summed E-state index contributed by atoms with van der Waals surface area (Å²) in [5, 5.41) is 3.09. The molecule has 0 N–H and O–H groups in total. The Balaban J connectivity index is 1.08. The van der Waals surface area contributed by atoms with E-state index in [4.69, 9.17) is 13.6 Å². The molecule has 2 aliphatic rings. The van der Waals surface area contributed by atoms with Crippen molar-refractivity contribution >= 4 is 50.0 Å². The van der Waals surface area contributed by atoms with E-state index in [1.165, 1.54) is 27.8 Å². The van der Waals surface area contributed by atoms with Crippen LogP contribution in [0.15, 0.2) is 197 Å². The van der Waals surface area contributed by atoms with Gasteiger partial charge in [-0.05, 0) is 88.0 Å². The van der Waals surface area contributed by atoms with Gasteiger partial charge in [-0.25, -0.2) is 0 Å². The summed E-state index contributed by atoms with van der Waals surface area (Å²) in [6.07, 6.45) is 0. The van der Waals surface area contributed by atoms with Crippen LogP contribution in [-0.4, -0.2) is 0 Å². The number of benzene rings is 8. The van der Waals surface area contributed by atoms with Crippen LogP contribution in [0.3, 0.4) is 0 Å². The second kappa shape index (κ2) is 11.3. The lowest BCUT2D eigenvalue weighted by Crippen LogP contribution is -2.31. The number of rotatable bonds is 4. The van der Waals surface area contributed by atoms with Crippen LogP contribution >= 0.6 is 0 Å². The van der Waals surface area contributed by atoms with Crippen LogP contribution < -0.4 is 9.64 Å². The number of hydrogen-bond donors (Lipinski definition) is 0. The number of hydrogen-bond acceptors (Lipinski definition) is 4. The first kappa shape index (κ1) is 30.2. The summed E-state index contributed by atoms with van der Waals surface area (Å²) in [7, 11) is 0. The average molecular weight is 706 g/mol. The van der Waals surface area contributed by atoms with Gasteiger partial charge in [-0.2, -0.15) is 0 Å². The van der Waals surface area contributed by atoms with Crippen LogP contribution in [0.4, 0.5) is 17.1 Å². The smallest absolute Gasteiger partial charge is 0.178 e. The minimum absolute atomic E-state index is 0.670. The maximum absolute atomic E-state index is 7.19. The second-order valence-corrected chi connectivity index (χ2v) is 14.4. The molecule has 0 saturated carbocycles. The Hall–Kier alpha value is -7.30. The topological polar surface area (TPSA) is 38.8 Å². The minimum atomic E-state index is -0.670. The first-order chi connectivity index (χ1) is 27.3. The standard InChI is InChI=1S/C51H31NO3/c1-2-12-32(13-3-1)33-22-24-34(25-23-33)52(35-27-29-46-41(30-35)39-16-6-10-20-45(39)53-46)36-26-28-40-48(31-36)55-50-49(40)54-47-21-11-9-19-44(47)51(50)42-17-7-4-14-37(42)38-15-5-8-18-43(38)51/h1-31H. The van der Waals surface area contributed by atoms with Crippen LogP contribution in [-0.2, 0) is 5.41 Å². The first-order valence-electron chi connectivity index (χ1n) is 18.7. The van der Waals surface area contributed by atoms with Gasteiger partial charge < -0.3 is 18.5 Å². The number of furan rings is 2. The Kier molecular flexibility index (Phi) is 6.23. The zero-order chi connectivity index (χ0) is 36.1. The van der Waals surface area contributed by atoms with Crippen molar-refractivity contribution in [3.8, 4) is 33.8 Å². The fourth-order valence-corrected chi connectivity index (χ4v) is 9.15. The minimum Gasteiger partial charge on any atom is -0.456 e. The molecule has 10 aromatic rings. The number of anilines is 3. The van der Waals surface area contributed by atoms with E-state index in [1.54, 1.807) is 0 Å². The van der Waals surface area contributed by atoms with Gasteiger partial charge in [0.1, 0.15) is 27.9 Å². The third-order valence-corrected chi connectivity index (χ3v) is 11.5.